The van der Waals surface area contributed by atoms with E-state index in [4.69, 9.17) is 0 Å². The topological polar surface area (TPSA) is 17.1 Å². The van der Waals surface area contributed by atoms with Crippen molar-refractivity contribution in [2.45, 2.75) is 52.4 Å². The van der Waals surface area contributed by atoms with Crippen molar-refractivity contribution in [1.29, 1.82) is 0 Å². The third-order valence-electron chi connectivity index (χ3n) is 2.75. The van der Waals surface area contributed by atoms with Crippen LogP contribution in [-0.2, 0) is 4.79 Å². The van der Waals surface area contributed by atoms with Gasteiger partial charge in [0.2, 0.25) is 0 Å². The van der Waals surface area contributed by atoms with Gasteiger partial charge in [-0.1, -0.05) is 79.4 Å². The van der Waals surface area contributed by atoms with Crippen molar-refractivity contribution in [2.75, 3.05) is 5.75 Å². The molecule has 122 valence electrons. The van der Waals surface area contributed by atoms with Crippen LogP contribution in [0, 0.1) is 0 Å². The third-order valence-corrected chi connectivity index (χ3v) is 3.59. The Bertz CT molecular complexity index is 400. The molecule has 0 heterocycles. The summed E-state index contributed by atoms with van der Waals surface area (Å²) in [5.74, 6) is 0.889. The van der Waals surface area contributed by atoms with E-state index < -0.39 is 0 Å². The van der Waals surface area contributed by atoms with Crippen LogP contribution in [0.2, 0.25) is 0 Å². The molecule has 0 aliphatic heterocycles. The van der Waals surface area contributed by atoms with Gasteiger partial charge in [0, 0.05) is 12.7 Å². The van der Waals surface area contributed by atoms with Crippen molar-refractivity contribution >= 4 is 16.9 Å². The molecule has 0 atom stereocenters. The van der Waals surface area contributed by atoms with E-state index in [1.54, 1.807) is 6.92 Å². The van der Waals surface area contributed by atoms with Crippen LogP contribution in [0.3, 0.4) is 0 Å². The van der Waals surface area contributed by atoms with Crippen molar-refractivity contribution in [3.05, 3.63) is 60.8 Å². The van der Waals surface area contributed by atoms with E-state index in [-0.39, 0.29) is 5.12 Å². The number of carbonyl (C=O) groups is 1. The van der Waals surface area contributed by atoms with Gasteiger partial charge in [-0.2, -0.15) is 0 Å². The molecule has 0 aromatic carbocycles. The fourth-order valence-electron chi connectivity index (χ4n) is 1.64. The average molecular weight is 319 g/mol. The summed E-state index contributed by atoms with van der Waals surface area (Å²) in [5.41, 5.74) is 0. The van der Waals surface area contributed by atoms with Crippen LogP contribution < -0.4 is 0 Å². The van der Waals surface area contributed by atoms with E-state index in [2.05, 4.69) is 67.7 Å². The second-order valence-corrected chi connectivity index (χ2v) is 6.11. The lowest BCUT2D eigenvalue weighted by Crippen LogP contribution is -1.83. The minimum atomic E-state index is 0.201. The lowest BCUT2D eigenvalue weighted by atomic mass is 10.2. The summed E-state index contributed by atoms with van der Waals surface area (Å²) < 4.78 is 0. The lowest BCUT2D eigenvalue weighted by molar-refractivity contribution is -0.109. The van der Waals surface area contributed by atoms with Crippen molar-refractivity contribution < 1.29 is 4.79 Å². The summed E-state index contributed by atoms with van der Waals surface area (Å²) in [4.78, 5) is 10.7. The maximum absolute atomic E-state index is 10.7. The first kappa shape index (κ1) is 20.7. The number of carbonyl (C=O) groups excluding carboxylic acids is 1. The van der Waals surface area contributed by atoms with Gasteiger partial charge in [-0.3, -0.25) is 4.79 Å². The van der Waals surface area contributed by atoms with Crippen molar-refractivity contribution in [3.8, 4) is 0 Å². The molecule has 0 aromatic heterocycles. The molecule has 0 saturated carbocycles. The Balaban J connectivity index is 3.46. The lowest BCUT2D eigenvalue weighted by Gasteiger charge is -1.90. The molecule has 0 N–H and O–H groups in total. The highest BCUT2D eigenvalue weighted by Gasteiger charge is 1.89. The Kier molecular flexibility index (Phi) is 16.7. The Morgan fingerprint density at radius 2 is 1.14 bits per heavy atom. The predicted octanol–water partition coefficient (Wildman–Crippen LogP) is 6.41. The molecular formula is C20H30OS. The first-order valence-corrected chi connectivity index (χ1v) is 9.14. The first-order chi connectivity index (χ1) is 10.8. The average Bonchev–Trinajstić information content (AvgIpc) is 2.50. The van der Waals surface area contributed by atoms with E-state index in [1.807, 2.05) is 0 Å². The number of thioether (sulfide) groups is 1. The summed E-state index contributed by atoms with van der Waals surface area (Å²) in [6.07, 6.45) is 28.0. The fraction of sp³-hybridized carbons (Fsp3) is 0.450. The molecular weight excluding hydrogens is 288 g/mol. The van der Waals surface area contributed by atoms with Gasteiger partial charge < -0.3 is 0 Å². The molecule has 0 spiro atoms. The maximum Gasteiger partial charge on any atom is 0.185 e. The van der Waals surface area contributed by atoms with E-state index in [9.17, 15) is 4.79 Å². The fourth-order valence-corrected chi connectivity index (χ4v) is 2.18. The van der Waals surface area contributed by atoms with Gasteiger partial charge in [-0.05, 0) is 38.5 Å². The molecule has 22 heavy (non-hydrogen) atoms. The van der Waals surface area contributed by atoms with E-state index in [0.29, 0.717) is 0 Å². The van der Waals surface area contributed by atoms with E-state index >= 15 is 0 Å². The highest BCUT2D eigenvalue weighted by molar-refractivity contribution is 8.13. The van der Waals surface area contributed by atoms with Crippen molar-refractivity contribution in [1.82, 2.24) is 0 Å². The molecule has 0 saturated heterocycles. The number of hydrogen-bond donors (Lipinski definition) is 0. The Hall–Kier alpha value is -1.28. The van der Waals surface area contributed by atoms with Crippen LogP contribution in [0.4, 0.5) is 0 Å². The van der Waals surface area contributed by atoms with Gasteiger partial charge in [-0.25, -0.2) is 0 Å². The van der Waals surface area contributed by atoms with Crippen LogP contribution in [0.1, 0.15) is 52.4 Å². The minimum absolute atomic E-state index is 0.201. The molecule has 0 rings (SSSR count). The van der Waals surface area contributed by atoms with Gasteiger partial charge in [0.15, 0.2) is 5.12 Å². The normalized spacial score (nSPS) is 12.8. The first-order valence-electron chi connectivity index (χ1n) is 8.15. The summed E-state index contributed by atoms with van der Waals surface area (Å²) in [7, 11) is 0. The number of allylic oxidation sites excluding steroid dienone is 10. The number of hydrogen-bond acceptors (Lipinski definition) is 2. The summed E-state index contributed by atoms with van der Waals surface area (Å²) in [6, 6.07) is 0. The van der Waals surface area contributed by atoms with Crippen LogP contribution in [0.5, 0.6) is 0 Å². The molecule has 2 heteroatoms. The Labute approximate surface area is 141 Å². The van der Waals surface area contributed by atoms with E-state index in [1.165, 1.54) is 11.8 Å². The quantitative estimate of drug-likeness (QED) is 0.305. The highest BCUT2D eigenvalue weighted by atomic mass is 32.2. The zero-order valence-corrected chi connectivity index (χ0v) is 14.9. The van der Waals surface area contributed by atoms with Crippen LogP contribution in [0.25, 0.3) is 0 Å². The maximum atomic E-state index is 10.7. The van der Waals surface area contributed by atoms with Gasteiger partial charge in [0.25, 0.3) is 0 Å². The highest BCUT2D eigenvalue weighted by Crippen LogP contribution is 2.04. The number of rotatable bonds is 12. The Morgan fingerprint density at radius 3 is 1.55 bits per heavy atom. The van der Waals surface area contributed by atoms with Gasteiger partial charge in [0.1, 0.15) is 0 Å². The second kappa shape index (κ2) is 17.8. The smallest absolute Gasteiger partial charge is 0.185 e. The third kappa shape index (κ3) is 18.7. The van der Waals surface area contributed by atoms with Crippen LogP contribution in [-0.4, -0.2) is 10.9 Å². The molecule has 0 unspecified atom stereocenters. The van der Waals surface area contributed by atoms with E-state index in [0.717, 1.165) is 44.3 Å². The van der Waals surface area contributed by atoms with Crippen molar-refractivity contribution in [3.63, 3.8) is 0 Å². The summed E-state index contributed by atoms with van der Waals surface area (Å²) >= 11 is 1.39. The largest absolute Gasteiger partial charge is 0.288 e. The molecule has 0 aromatic rings. The summed E-state index contributed by atoms with van der Waals surface area (Å²) in [6.45, 7) is 3.77. The second-order valence-electron chi connectivity index (χ2n) is 4.84. The molecule has 0 aliphatic carbocycles. The van der Waals surface area contributed by atoms with Crippen LogP contribution in [0.15, 0.2) is 60.8 Å². The molecule has 0 fully saturated rings. The summed E-state index contributed by atoms with van der Waals surface area (Å²) in [5, 5.41) is 0.201. The molecule has 0 bridgehead atoms. The Morgan fingerprint density at radius 1 is 0.727 bits per heavy atom. The van der Waals surface area contributed by atoms with Gasteiger partial charge >= 0.3 is 0 Å². The zero-order chi connectivity index (χ0) is 16.3. The zero-order valence-electron chi connectivity index (χ0n) is 14.0. The molecule has 0 aliphatic rings. The van der Waals surface area contributed by atoms with Gasteiger partial charge in [0.05, 0.1) is 0 Å². The van der Waals surface area contributed by atoms with Gasteiger partial charge in [-0.15, -0.1) is 0 Å². The standard InChI is InChI=1S/C20H30OS/c1-3-4-5-6-7-8-9-10-11-12-13-14-15-16-17-18-19-22-20(2)21/h4-5,7-8,10-11,13-14,16-17H,3,6,9,12,15,18-19H2,1-2H3/b5-4-,8-7-,11-10-,14-13-,17-16-. The molecule has 1 nitrogen and oxygen atoms in total. The monoisotopic (exact) mass is 318 g/mol. The SMILES string of the molecule is CC/C=C\C/C=C\C/C=C\C/C=C\C/C=C\CCSC(C)=O. The molecule has 0 amide bonds. The predicted molar refractivity (Wildman–Crippen MR) is 102 cm³/mol. The van der Waals surface area contributed by atoms with Crippen LogP contribution >= 0.6 is 11.8 Å². The molecule has 0 radical (unpaired) electrons. The van der Waals surface area contributed by atoms with Crippen molar-refractivity contribution in [2.24, 2.45) is 0 Å². The minimum Gasteiger partial charge on any atom is -0.288 e.